The van der Waals surface area contributed by atoms with E-state index >= 15 is 0 Å². The van der Waals surface area contributed by atoms with Crippen LogP contribution in [0.4, 0.5) is 0 Å². The van der Waals surface area contributed by atoms with Gasteiger partial charge in [-0.1, -0.05) is 0 Å². The first-order valence-corrected chi connectivity index (χ1v) is 10.5. The minimum Gasteiger partial charge on any atom is -0.491 e. The number of aliphatic hydroxyl groups excluding tert-OH is 1. The van der Waals surface area contributed by atoms with Gasteiger partial charge in [-0.25, -0.2) is 0 Å². The first-order chi connectivity index (χ1) is 14.6. The molecule has 2 aliphatic rings. The number of Topliss-reactive ketones (excluding diaryl/α,β-unsaturated/α-hetero) is 1. The summed E-state index contributed by atoms with van der Waals surface area (Å²) in [7, 11) is 0. The van der Waals surface area contributed by atoms with Crippen LogP contribution in [0.3, 0.4) is 0 Å². The van der Waals surface area contributed by atoms with Crippen LogP contribution >= 0.6 is 0 Å². The molecule has 0 amide bonds. The highest BCUT2D eigenvalue weighted by Gasteiger charge is 2.26. The predicted molar refractivity (Wildman–Crippen MR) is 110 cm³/mol. The fourth-order valence-electron chi connectivity index (χ4n) is 4.05. The highest BCUT2D eigenvalue weighted by molar-refractivity contribution is 5.94. The minimum atomic E-state index is -0.511. The molecule has 1 fully saturated rings. The predicted octanol–water partition coefficient (Wildman–Crippen LogP) is -0.659. The fraction of sp³-hybridized carbons (Fsp3) is 0.435. The highest BCUT2D eigenvalue weighted by Crippen LogP contribution is 2.32. The third-order valence-corrected chi connectivity index (χ3v) is 5.78. The first kappa shape index (κ1) is 20.7. The van der Waals surface area contributed by atoms with Crippen molar-refractivity contribution < 1.29 is 33.9 Å². The number of nitrogens with one attached hydrogen (secondary N) is 2. The van der Waals surface area contributed by atoms with Crippen molar-refractivity contribution in [2.45, 2.75) is 19.6 Å². The second-order valence-corrected chi connectivity index (χ2v) is 8.11. The lowest BCUT2D eigenvalue weighted by atomic mass is 10.1. The zero-order valence-electron chi connectivity index (χ0n) is 17.4. The molecule has 3 N–H and O–H groups in total. The number of hydrogen-bond donors (Lipinski definition) is 3. The van der Waals surface area contributed by atoms with Crippen LogP contribution in [0.2, 0.25) is 0 Å². The average Bonchev–Trinajstić information content (AvgIpc) is 3.22. The van der Waals surface area contributed by atoms with E-state index in [1.54, 1.807) is 36.1 Å². The fourth-order valence-corrected chi connectivity index (χ4v) is 4.05. The zero-order valence-corrected chi connectivity index (χ0v) is 17.4. The number of ketones is 1. The number of piperazine rings is 1. The van der Waals surface area contributed by atoms with E-state index in [0.717, 1.165) is 44.2 Å². The molecule has 160 valence electrons. The lowest BCUT2D eigenvalue weighted by Crippen LogP contribution is -3.28. The van der Waals surface area contributed by atoms with E-state index in [1.165, 1.54) is 10.5 Å². The molecule has 0 aromatic heterocycles. The number of ether oxygens (including phenoxy) is 3. The van der Waals surface area contributed by atoms with Crippen LogP contribution in [0.5, 0.6) is 17.2 Å². The van der Waals surface area contributed by atoms with E-state index in [4.69, 9.17) is 14.2 Å². The minimum absolute atomic E-state index is 0.0324. The van der Waals surface area contributed by atoms with Crippen LogP contribution < -0.4 is 24.0 Å². The first-order valence-electron chi connectivity index (χ1n) is 10.5. The summed E-state index contributed by atoms with van der Waals surface area (Å²) in [4.78, 5) is 14.3. The molecule has 0 bridgehead atoms. The smallest absolute Gasteiger partial charge is 0.231 e. The summed E-state index contributed by atoms with van der Waals surface area (Å²) >= 11 is 0. The summed E-state index contributed by atoms with van der Waals surface area (Å²) in [6, 6.07) is 13.2. The Kier molecular flexibility index (Phi) is 6.52. The van der Waals surface area contributed by atoms with Gasteiger partial charge in [-0.15, -0.1) is 0 Å². The maximum atomic E-state index is 11.3. The lowest BCUT2D eigenvalue weighted by molar-refractivity contribution is -1.02. The molecule has 0 aliphatic carbocycles. The van der Waals surface area contributed by atoms with Crippen LogP contribution in [-0.2, 0) is 6.54 Å². The quantitative estimate of drug-likeness (QED) is 0.501. The maximum absolute atomic E-state index is 11.3. The van der Waals surface area contributed by atoms with Crippen LogP contribution in [0.1, 0.15) is 22.8 Å². The van der Waals surface area contributed by atoms with E-state index in [-0.39, 0.29) is 12.4 Å². The Balaban J connectivity index is 1.17. The van der Waals surface area contributed by atoms with Crippen molar-refractivity contribution in [3.05, 3.63) is 53.6 Å². The van der Waals surface area contributed by atoms with Gasteiger partial charge in [0.05, 0.1) is 0 Å². The van der Waals surface area contributed by atoms with Crippen molar-refractivity contribution in [1.29, 1.82) is 0 Å². The molecule has 7 heteroatoms. The molecule has 2 aromatic carbocycles. The van der Waals surface area contributed by atoms with Crippen LogP contribution in [0.15, 0.2) is 42.5 Å². The van der Waals surface area contributed by atoms with E-state index in [9.17, 15) is 9.90 Å². The van der Waals surface area contributed by atoms with Gasteiger partial charge in [-0.05, 0) is 49.4 Å². The highest BCUT2D eigenvalue weighted by atomic mass is 16.7. The maximum Gasteiger partial charge on any atom is 0.231 e. The number of hydrogen-bond acceptors (Lipinski definition) is 5. The van der Waals surface area contributed by atoms with Gasteiger partial charge in [0.2, 0.25) is 6.79 Å². The number of benzene rings is 2. The Labute approximate surface area is 176 Å². The zero-order chi connectivity index (χ0) is 20.9. The van der Waals surface area contributed by atoms with Gasteiger partial charge in [0.25, 0.3) is 0 Å². The number of carbonyl (C=O) groups is 1. The molecule has 0 radical (unpaired) electrons. The Morgan fingerprint density at radius 2 is 1.73 bits per heavy atom. The van der Waals surface area contributed by atoms with Gasteiger partial charge in [0.15, 0.2) is 17.3 Å². The third-order valence-electron chi connectivity index (χ3n) is 5.78. The number of carbonyl (C=O) groups excluding carboxylic acids is 1. The Morgan fingerprint density at radius 1 is 1.03 bits per heavy atom. The summed E-state index contributed by atoms with van der Waals surface area (Å²) in [5.74, 6) is 2.38. The number of aliphatic hydroxyl groups is 1. The SMILES string of the molecule is CC(=O)c1ccc(OC[C@@H](O)C[NH+]2CC[NH+](Cc3ccc4c(c3)OCO4)CC2)cc1. The third kappa shape index (κ3) is 5.30. The Hall–Kier alpha value is -2.61. The van der Waals surface area contributed by atoms with Crippen molar-refractivity contribution in [2.24, 2.45) is 0 Å². The van der Waals surface area contributed by atoms with Crippen LogP contribution in [-0.4, -0.2) is 63.1 Å². The van der Waals surface area contributed by atoms with Crippen molar-refractivity contribution in [1.82, 2.24) is 0 Å². The topological polar surface area (TPSA) is 73.9 Å². The van der Waals surface area contributed by atoms with Gasteiger partial charge in [0.1, 0.15) is 57.7 Å². The van der Waals surface area contributed by atoms with Crippen LogP contribution in [0.25, 0.3) is 0 Å². The van der Waals surface area contributed by atoms with Crippen LogP contribution in [0, 0.1) is 0 Å². The van der Waals surface area contributed by atoms with Crippen molar-refractivity contribution >= 4 is 5.78 Å². The molecular formula is C23H30N2O5+2. The molecule has 4 rings (SSSR count). The normalized spacial score (nSPS) is 21.3. The van der Waals surface area contributed by atoms with Gasteiger partial charge in [-0.3, -0.25) is 4.79 Å². The Bertz CT molecular complexity index is 862. The molecule has 2 aliphatic heterocycles. The van der Waals surface area contributed by atoms with Crippen molar-refractivity contribution in [3.8, 4) is 17.2 Å². The second kappa shape index (κ2) is 9.47. The molecule has 1 saturated heterocycles. The van der Waals surface area contributed by atoms with Gasteiger partial charge >= 0.3 is 0 Å². The molecule has 30 heavy (non-hydrogen) atoms. The molecule has 7 nitrogen and oxygen atoms in total. The number of fused-ring (bicyclic) bond motifs is 1. The largest absolute Gasteiger partial charge is 0.491 e. The Morgan fingerprint density at radius 3 is 2.47 bits per heavy atom. The van der Waals surface area contributed by atoms with E-state index in [0.29, 0.717) is 24.7 Å². The molecule has 0 saturated carbocycles. The summed E-state index contributed by atoms with van der Waals surface area (Å²) in [5, 5.41) is 10.4. The van der Waals surface area contributed by atoms with E-state index in [1.807, 2.05) is 6.07 Å². The van der Waals surface area contributed by atoms with Gasteiger partial charge in [0, 0.05) is 11.1 Å². The average molecular weight is 415 g/mol. The number of quaternary nitrogens is 2. The molecule has 0 unspecified atom stereocenters. The molecular weight excluding hydrogens is 384 g/mol. The van der Waals surface area contributed by atoms with Gasteiger partial charge in [-0.2, -0.15) is 0 Å². The molecule has 1 atom stereocenters. The number of rotatable bonds is 8. The van der Waals surface area contributed by atoms with E-state index in [2.05, 4.69) is 12.1 Å². The second-order valence-electron chi connectivity index (χ2n) is 8.11. The van der Waals surface area contributed by atoms with E-state index < -0.39 is 6.10 Å². The van der Waals surface area contributed by atoms with Crippen molar-refractivity contribution in [2.75, 3.05) is 46.1 Å². The van der Waals surface area contributed by atoms with Crippen molar-refractivity contribution in [3.63, 3.8) is 0 Å². The molecule has 2 heterocycles. The summed E-state index contributed by atoms with van der Waals surface area (Å²) in [6.07, 6.45) is -0.511. The standard InChI is InChI=1S/C23H28N2O5/c1-17(26)19-3-5-21(6-4-19)28-15-20(27)14-25-10-8-24(9-11-25)13-18-2-7-22-23(12-18)30-16-29-22/h2-7,12,20,27H,8-11,13-16H2,1H3/p+2/t20-/m0/s1. The van der Waals surface area contributed by atoms with Gasteiger partial charge < -0.3 is 29.1 Å². The lowest BCUT2D eigenvalue weighted by Gasteiger charge is -2.30. The monoisotopic (exact) mass is 414 g/mol. The summed E-state index contributed by atoms with van der Waals surface area (Å²) < 4.78 is 16.5. The molecule has 2 aromatic rings. The summed E-state index contributed by atoms with van der Waals surface area (Å²) in [6.45, 7) is 7.98. The molecule has 0 spiro atoms. The summed E-state index contributed by atoms with van der Waals surface area (Å²) in [5.41, 5.74) is 1.93.